The molecule has 3 rings (SSSR count). The molecule has 0 aliphatic carbocycles. The second-order valence-electron chi connectivity index (χ2n) is 6.35. The first-order valence-electron chi connectivity index (χ1n) is 8.65. The van der Waals surface area contributed by atoms with E-state index in [2.05, 4.69) is 15.3 Å². The van der Waals surface area contributed by atoms with Crippen molar-refractivity contribution in [2.75, 3.05) is 31.5 Å². The lowest BCUT2D eigenvalue weighted by molar-refractivity contribution is -0.114. The van der Waals surface area contributed by atoms with E-state index < -0.39 is 0 Å². The second-order valence-corrected chi connectivity index (χ2v) is 6.35. The number of rotatable bonds is 6. The normalized spacial score (nSPS) is 10.6. The Morgan fingerprint density at radius 1 is 1.18 bits per heavy atom. The molecule has 0 unspecified atom stereocenters. The van der Waals surface area contributed by atoms with Gasteiger partial charge in [0.15, 0.2) is 11.5 Å². The van der Waals surface area contributed by atoms with Gasteiger partial charge in [-0.25, -0.2) is 4.98 Å². The van der Waals surface area contributed by atoms with Gasteiger partial charge >= 0.3 is 0 Å². The molecule has 146 valence electrons. The minimum absolute atomic E-state index is 0.129. The van der Waals surface area contributed by atoms with Crippen LogP contribution in [-0.2, 0) is 11.3 Å². The van der Waals surface area contributed by atoms with Gasteiger partial charge in [-0.1, -0.05) is 12.1 Å². The maximum Gasteiger partial charge on any atom is 0.260 e. The largest absolute Gasteiger partial charge is 0.493 e. The minimum atomic E-state index is -0.264. The zero-order valence-electron chi connectivity index (χ0n) is 16.2. The number of aromatic nitrogens is 2. The molecule has 3 aromatic rings. The number of aromatic amines is 1. The number of ether oxygens (including phenoxy) is 2. The molecule has 0 radical (unpaired) electrons. The monoisotopic (exact) mass is 382 g/mol. The minimum Gasteiger partial charge on any atom is -0.493 e. The number of nitrogens with one attached hydrogen (secondary N) is 2. The SMILES string of the molecule is COc1cc2nc(N(C)Cc3cccc(NC(C)=O)c3)[nH]c(=O)c2cc1OC. The summed E-state index contributed by atoms with van der Waals surface area (Å²) < 4.78 is 10.5. The number of methoxy groups -OCH3 is 2. The average Bonchev–Trinajstić information content (AvgIpc) is 2.66. The topological polar surface area (TPSA) is 96.5 Å². The zero-order valence-corrected chi connectivity index (χ0v) is 16.2. The van der Waals surface area contributed by atoms with Crippen LogP contribution in [0.4, 0.5) is 11.6 Å². The summed E-state index contributed by atoms with van der Waals surface area (Å²) in [7, 11) is 4.88. The van der Waals surface area contributed by atoms with Crippen molar-refractivity contribution in [2.45, 2.75) is 13.5 Å². The molecule has 0 aliphatic heterocycles. The van der Waals surface area contributed by atoms with E-state index >= 15 is 0 Å². The second kappa shape index (κ2) is 7.99. The van der Waals surface area contributed by atoms with Crippen LogP contribution in [0.1, 0.15) is 12.5 Å². The van der Waals surface area contributed by atoms with Crippen molar-refractivity contribution in [2.24, 2.45) is 0 Å². The molecule has 2 aromatic carbocycles. The van der Waals surface area contributed by atoms with Crippen LogP contribution >= 0.6 is 0 Å². The lowest BCUT2D eigenvalue weighted by atomic mass is 10.2. The third-order valence-electron chi connectivity index (χ3n) is 4.23. The molecular formula is C20H22N4O4. The smallest absolute Gasteiger partial charge is 0.260 e. The van der Waals surface area contributed by atoms with Gasteiger partial charge in [0.1, 0.15) is 0 Å². The van der Waals surface area contributed by atoms with Gasteiger partial charge < -0.3 is 19.7 Å². The summed E-state index contributed by atoms with van der Waals surface area (Å²) in [5.74, 6) is 1.27. The Morgan fingerprint density at radius 3 is 2.57 bits per heavy atom. The number of anilines is 2. The maximum absolute atomic E-state index is 12.5. The van der Waals surface area contributed by atoms with Gasteiger partial charge in [-0.15, -0.1) is 0 Å². The first-order chi connectivity index (χ1) is 13.4. The molecular weight excluding hydrogens is 360 g/mol. The zero-order chi connectivity index (χ0) is 20.3. The van der Waals surface area contributed by atoms with Crippen molar-refractivity contribution >= 4 is 28.4 Å². The summed E-state index contributed by atoms with van der Waals surface area (Å²) in [5.41, 5.74) is 1.93. The highest BCUT2D eigenvalue weighted by Crippen LogP contribution is 2.30. The highest BCUT2D eigenvalue weighted by atomic mass is 16.5. The Bertz CT molecular complexity index is 1080. The molecule has 1 amide bonds. The van der Waals surface area contributed by atoms with Crippen LogP contribution in [0.2, 0.25) is 0 Å². The molecule has 0 atom stereocenters. The third kappa shape index (κ3) is 4.06. The molecule has 0 bridgehead atoms. The Hall–Kier alpha value is -3.55. The van der Waals surface area contributed by atoms with Crippen LogP contribution in [0.15, 0.2) is 41.2 Å². The van der Waals surface area contributed by atoms with Crippen molar-refractivity contribution in [1.82, 2.24) is 9.97 Å². The van der Waals surface area contributed by atoms with E-state index in [0.717, 1.165) is 11.3 Å². The van der Waals surface area contributed by atoms with Crippen LogP contribution in [0, 0.1) is 0 Å². The van der Waals surface area contributed by atoms with Gasteiger partial charge in [0.2, 0.25) is 11.9 Å². The van der Waals surface area contributed by atoms with Crippen molar-refractivity contribution < 1.29 is 14.3 Å². The molecule has 0 aliphatic rings. The summed E-state index contributed by atoms with van der Waals surface area (Å²) in [5, 5.41) is 3.18. The summed E-state index contributed by atoms with van der Waals surface area (Å²) in [6, 6.07) is 10.8. The van der Waals surface area contributed by atoms with E-state index in [9.17, 15) is 9.59 Å². The van der Waals surface area contributed by atoms with Gasteiger partial charge in [-0.05, 0) is 23.8 Å². The Kier molecular flexibility index (Phi) is 5.49. The van der Waals surface area contributed by atoms with Crippen LogP contribution in [0.25, 0.3) is 10.9 Å². The number of benzene rings is 2. The Morgan fingerprint density at radius 2 is 1.89 bits per heavy atom. The molecule has 0 fully saturated rings. The molecule has 28 heavy (non-hydrogen) atoms. The quantitative estimate of drug-likeness (QED) is 0.680. The van der Waals surface area contributed by atoms with Gasteiger partial charge in [-0.2, -0.15) is 0 Å². The predicted molar refractivity (Wildman–Crippen MR) is 108 cm³/mol. The number of carbonyl (C=O) groups is 1. The van der Waals surface area contributed by atoms with Crippen LogP contribution in [-0.4, -0.2) is 37.1 Å². The lowest BCUT2D eigenvalue weighted by Crippen LogP contribution is -2.23. The van der Waals surface area contributed by atoms with Crippen LogP contribution < -0.4 is 25.2 Å². The van der Waals surface area contributed by atoms with Crippen molar-refractivity contribution in [3.8, 4) is 11.5 Å². The average molecular weight is 382 g/mol. The van der Waals surface area contributed by atoms with Crippen LogP contribution in [0.5, 0.6) is 11.5 Å². The van der Waals surface area contributed by atoms with E-state index in [-0.39, 0.29) is 11.5 Å². The first-order valence-corrected chi connectivity index (χ1v) is 8.65. The summed E-state index contributed by atoms with van der Waals surface area (Å²) in [6.45, 7) is 1.96. The highest BCUT2D eigenvalue weighted by molar-refractivity contribution is 5.88. The summed E-state index contributed by atoms with van der Waals surface area (Å²) in [4.78, 5) is 32.9. The number of hydrogen-bond donors (Lipinski definition) is 2. The molecule has 2 N–H and O–H groups in total. The number of amides is 1. The van der Waals surface area contributed by atoms with E-state index in [4.69, 9.17) is 9.47 Å². The van der Waals surface area contributed by atoms with Crippen molar-refractivity contribution in [1.29, 1.82) is 0 Å². The van der Waals surface area contributed by atoms with Gasteiger partial charge in [0.25, 0.3) is 5.56 Å². The number of nitrogens with zero attached hydrogens (tertiary/aromatic N) is 2. The molecule has 0 spiro atoms. The van der Waals surface area contributed by atoms with Crippen LogP contribution in [0.3, 0.4) is 0 Å². The highest BCUT2D eigenvalue weighted by Gasteiger charge is 2.13. The van der Waals surface area contributed by atoms with E-state index in [1.54, 1.807) is 12.1 Å². The maximum atomic E-state index is 12.5. The number of carbonyl (C=O) groups excluding carboxylic acids is 1. The lowest BCUT2D eigenvalue weighted by Gasteiger charge is -2.19. The van der Waals surface area contributed by atoms with Crippen molar-refractivity contribution in [3.05, 3.63) is 52.3 Å². The standard InChI is InChI=1S/C20H22N4O4/c1-12(25)21-14-7-5-6-13(8-14)11-24(2)20-22-16-10-18(28-4)17(27-3)9-15(16)19(26)23-20/h5-10H,11H2,1-4H3,(H,21,25)(H,22,23,26). The number of hydrogen-bond acceptors (Lipinski definition) is 6. The van der Waals surface area contributed by atoms with E-state index in [1.165, 1.54) is 21.1 Å². The summed E-state index contributed by atoms with van der Waals surface area (Å²) >= 11 is 0. The molecule has 1 aromatic heterocycles. The number of fused-ring (bicyclic) bond motifs is 1. The van der Waals surface area contributed by atoms with E-state index in [1.807, 2.05) is 36.2 Å². The summed E-state index contributed by atoms with van der Waals surface area (Å²) in [6.07, 6.45) is 0. The first kappa shape index (κ1) is 19.2. The molecule has 8 heteroatoms. The van der Waals surface area contributed by atoms with E-state index in [0.29, 0.717) is 34.9 Å². The molecule has 0 saturated carbocycles. The predicted octanol–water partition coefficient (Wildman–Crippen LogP) is 2.54. The fraction of sp³-hybridized carbons (Fsp3) is 0.250. The molecule has 8 nitrogen and oxygen atoms in total. The molecule has 1 heterocycles. The fourth-order valence-corrected chi connectivity index (χ4v) is 2.93. The van der Waals surface area contributed by atoms with Gasteiger partial charge in [0, 0.05) is 32.3 Å². The van der Waals surface area contributed by atoms with Gasteiger partial charge in [-0.3, -0.25) is 14.6 Å². The van der Waals surface area contributed by atoms with Crippen molar-refractivity contribution in [3.63, 3.8) is 0 Å². The van der Waals surface area contributed by atoms with Gasteiger partial charge in [0.05, 0.1) is 25.1 Å². The Labute approximate surface area is 162 Å². The molecule has 0 saturated heterocycles. The Balaban J connectivity index is 1.92. The number of H-pyrrole nitrogens is 1. The fourth-order valence-electron chi connectivity index (χ4n) is 2.93. The third-order valence-corrected chi connectivity index (χ3v) is 4.23.